The Morgan fingerprint density at radius 1 is 1.31 bits per heavy atom. The summed E-state index contributed by atoms with van der Waals surface area (Å²) in [5, 5.41) is 8.78. The molecule has 16 heavy (non-hydrogen) atoms. The standard InChI is InChI=1S/C15H26O/c1-2-3-4-5-6-9-14-10-7-11-15(14)12-8-13-16/h8-9,12,15-16H,2-7,10-11,13H2,1H3/b12-8+,14-9-. The Kier molecular flexibility index (Phi) is 7.24. The van der Waals surface area contributed by atoms with Crippen LogP contribution in [-0.2, 0) is 0 Å². The van der Waals surface area contributed by atoms with Crippen LogP contribution in [0.5, 0.6) is 0 Å². The Morgan fingerprint density at radius 2 is 2.19 bits per heavy atom. The van der Waals surface area contributed by atoms with E-state index in [1.807, 2.05) is 6.08 Å². The van der Waals surface area contributed by atoms with Crippen molar-refractivity contribution in [3.8, 4) is 0 Å². The average Bonchev–Trinajstić information content (AvgIpc) is 2.74. The van der Waals surface area contributed by atoms with Gasteiger partial charge < -0.3 is 5.11 Å². The molecule has 0 saturated heterocycles. The summed E-state index contributed by atoms with van der Waals surface area (Å²) in [6, 6.07) is 0. The lowest BCUT2D eigenvalue weighted by Crippen LogP contribution is -1.92. The quantitative estimate of drug-likeness (QED) is 0.505. The molecule has 0 spiro atoms. The smallest absolute Gasteiger partial charge is 0.0612 e. The molecule has 1 aliphatic carbocycles. The third-order valence-corrected chi connectivity index (χ3v) is 3.39. The maximum absolute atomic E-state index is 8.78. The van der Waals surface area contributed by atoms with Crippen molar-refractivity contribution in [2.75, 3.05) is 6.61 Å². The zero-order valence-electron chi connectivity index (χ0n) is 10.6. The Bertz CT molecular complexity index is 228. The molecule has 1 saturated carbocycles. The number of aliphatic hydroxyl groups excluding tert-OH is 1. The van der Waals surface area contributed by atoms with Crippen molar-refractivity contribution in [1.82, 2.24) is 0 Å². The fourth-order valence-electron chi connectivity index (χ4n) is 2.45. The van der Waals surface area contributed by atoms with E-state index in [4.69, 9.17) is 5.11 Å². The van der Waals surface area contributed by atoms with Gasteiger partial charge >= 0.3 is 0 Å². The van der Waals surface area contributed by atoms with Gasteiger partial charge in [-0.15, -0.1) is 0 Å². The first-order chi connectivity index (χ1) is 7.88. The van der Waals surface area contributed by atoms with Crippen LogP contribution in [0, 0.1) is 5.92 Å². The maximum atomic E-state index is 8.78. The van der Waals surface area contributed by atoms with Crippen LogP contribution in [0.4, 0.5) is 0 Å². The second-order valence-electron chi connectivity index (χ2n) is 4.74. The molecule has 0 radical (unpaired) electrons. The molecule has 0 amide bonds. The highest BCUT2D eigenvalue weighted by molar-refractivity contribution is 5.17. The molecule has 1 unspecified atom stereocenters. The van der Waals surface area contributed by atoms with E-state index in [-0.39, 0.29) is 6.61 Å². The molecule has 1 atom stereocenters. The fraction of sp³-hybridized carbons (Fsp3) is 0.733. The molecule has 0 aromatic rings. The molecular formula is C15H26O. The lowest BCUT2D eigenvalue weighted by molar-refractivity contribution is 0.342. The Hall–Kier alpha value is -0.560. The summed E-state index contributed by atoms with van der Waals surface area (Å²) in [4.78, 5) is 0. The lowest BCUT2D eigenvalue weighted by Gasteiger charge is -2.06. The molecule has 0 heterocycles. The van der Waals surface area contributed by atoms with Crippen LogP contribution in [0.3, 0.4) is 0 Å². The zero-order chi connectivity index (χ0) is 11.6. The highest BCUT2D eigenvalue weighted by atomic mass is 16.2. The number of rotatable bonds is 7. The molecule has 1 heteroatoms. The summed E-state index contributed by atoms with van der Waals surface area (Å²) < 4.78 is 0. The van der Waals surface area contributed by atoms with E-state index in [1.54, 1.807) is 5.57 Å². The van der Waals surface area contributed by atoms with Crippen LogP contribution < -0.4 is 0 Å². The van der Waals surface area contributed by atoms with Crippen LogP contribution >= 0.6 is 0 Å². The van der Waals surface area contributed by atoms with Gasteiger partial charge in [0.1, 0.15) is 0 Å². The highest BCUT2D eigenvalue weighted by Gasteiger charge is 2.17. The van der Waals surface area contributed by atoms with E-state index in [0.717, 1.165) is 0 Å². The molecule has 92 valence electrons. The summed E-state index contributed by atoms with van der Waals surface area (Å²) in [6.07, 6.45) is 17.0. The molecular weight excluding hydrogens is 196 g/mol. The number of allylic oxidation sites excluding steroid dienone is 3. The third kappa shape index (κ3) is 4.98. The van der Waals surface area contributed by atoms with Crippen LogP contribution in [0.15, 0.2) is 23.8 Å². The van der Waals surface area contributed by atoms with Crippen LogP contribution in [0.2, 0.25) is 0 Å². The van der Waals surface area contributed by atoms with Crippen molar-refractivity contribution in [2.24, 2.45) is 5.92 Å². The van der Waals surface area contributed by atoms with Crippen molar-refractivity contribution in [1.29, 1.82) is 0 Å². The molecule has 1 nitrogen and oxygen atoms in total. The largest absolute Gasteiger partial charge is 0.392 e. The normalized spacial score (nSPS) is 23.6. The molecule has 0 aromatic carbocycles. The van der Waals surface area contributed by atoms with Gasteiger partial charge in [-0.1, -0.05) is 50.0 Å². The van der Waals surface area contributed by atoms with Crippen molar-refractivity contribution in [2.45, 2.75) is 58.3 Å². The second-order valence-corrected chi connectivity index (χ2v) is 4.74. The first-order valence-corrected chi connectivity index (χ1v) is 6.85. The van der Waals surface area contributed by atoms with Crippen molar-refractivity contribution >= 4 is 0 Å². The summed E-state index contributed by atoms with van der Waals surface area (Å²) >= 11 is 0. The highest BCUT2D eigenvalue weighted by Crippen LogP contribution is 2.32. The summed E-state index contributed by atoms with van der Waals surface area (Å²) in [7, 11) is 0. The first kappa shape index (κ1) is 13.5. The Labute approximate surface area is 100 Å². The predicted molar refractivity (Wildman–Crippen MR) is 70.4 cm³/mol. The Morgan fingerprint density at radius 3 is 2.94 bits per heavy atom. The van der Waals surface area contributed by atoms with Gasteiger partial charge in [-0.25, -0.2) is 0 Å². The molecule has 1 fully saturated rings. The van der Waals surface area contributed by atoms with Crippen LogP contribution in [0.25, 0.3) is 0 Å². The van der Waals surface area contributed by atoms with Crippen molar-refractivity contribution < 1.29 is 5.11 Å². The van der Waals surface area contributed by atoms with Gasteiger partial charge in [0, 0.05) is 0 Å². The van der Waals surface area contributed by atoms with Gasteiger partial charge in [0.2, 0.25) is 0 Å². The van der Waals surface area contributed by atoms with E-state index < -0.39 is 0 Å². The van der Waals surface area contributed by atoms with Gasteiger partial charge in [-0.05, 0) is 38.0 Å². The minimum atomic E-state index is 0.181. The maximum Gasteiger partial charge on any atom is 0.0612 e. The molecule has 0 aliphatic heterocycles. The Balaban J connectivity index is 2.27. The number of hydrogen-bond donors (Lipinski definition) is 1. The summed E-state index contributed by atoms with van der Waals surface area (Å²) in [5.41, 5.74) is 1.61. The number of aliphatic hydroxyl groups is 1. The number of unbranched alkanes of at least 4 members (excludes halogenated alkanes) is 4. The molecule has 0 aromatic heterocycles. The molecule has 1 N–H and O–H groups in total. The topological polar surface area (TPSA) is 20.2 Å². The minimum Gasteiger partial charge on any atom is -0.392 e. The summed E-state index contributed by atoms with van der Waals surface area (Å²) in [6.45, 7) is 2.44. The van der Waals surface area contributed by atoms with Gasteiger partial charge in [-0.3, -0.25) is 0 Å². The third-order valence-electron chi connectivity index (χ3n) is 3.39. The van der Waals surface area contributed by atoms with Gasteiger partial charge in [-0.2, -0.15) is 0 Å². The van der Waals surface area contributed by atoms with Crippen molar-refractivity contribution in [3.63, 3.8) is 0 Å². The van der Waals surface area contributed by atoms with Crippen LogP contribution in [-0.4, -0.2) is 11.7 Å². The zero-order valence-corrected chi connectivity index (χ0v) is 10.6. The van der Waals surface area contributed by atoms with E-state index in [0.29, 0.717) is 5.92 Å². The fourth-order valence-corrected chi connectivity index (χ4v) is 2.45. The number of hydrogen-bond acceptors (Lipinski definition) is 1. The van der Waals surface area contributed by atoms with Gasteiger partial charge in [0.05, 0.1) is 6.61 Å². The SMILES string of the molecule is CCCCCC/C=C1/CCCC1/C=C/CO. The average molecular weight is 222 g/mol. The molecule has 0 bridgehead atoms. The molecule has 1 rings (SSSR count). The van der Waals surface area contributed by atoms with E-state index in [1.165, 1.54) is 51.4 Å². The second kappa shape index (κ2) is 8.58. The monoisotopic (exact) mass is 222 g/mol. The predicted octanol–water partition coefficient (Wildman–Crippen LogP) is 4.23. The van der Waals surface area contributed by atoms with Gasteiger partial charge in [0.15, 0.2) is 0 Å². The van der Waals surface area contributed by atoms with E-state index in [2.05, 4.69) is 19.1 Å². The summed E-state index contributed by atoms with van der Waals surface area (Å²) in [5.74, 6) is 0.623. The van der Waals surface area contributed by atoms with Gasteiger partial charge in [0.25, 0.3) is 0 Å². The minimum absolute atomic E-state index is 0.181. The first-order valence-electron chi connectivity index (χ1n) is 6.85. The van der Waals surface area contributed by atoms with Crippen molar-refractivity contribution in [3.05, 3.63) is 23.8 Å². The van der Waals surface area contributed by atoms with Crippen LogP contribution in [0.1, 0.15) is 58.3 Å². The molecule has 1 aliphatic rings. The van der Waals surface area contributed by atoms with E-state index in [9.17, 15) is 0 Å². The lowest BCUT2D eigenvalue weighted by atomic mass is 10.00. The van der Waals surface area contributed by atoms with E-state index >= 15 is 0 Å².